The van der Waals surface area contributed by atoms with E-state index in [0.717, 1.165) is 27.7 Å². The van der Waals surface area contributed by atoms with Crippen molar-refractivity contribution in [2.45, 2.75) is 45.8 Å². The van der Waals surface area contributed by atoms with Gasteiger partial charge in [0.25, 0.3) is 0 Å². The highest BCUT2D eigenvalue weighted by Gasteiger charge is 2.52. The van der Waals surface area contributed by atoms with E-state index < -0.39 is 18.3 Å². The number of hydrogen-bond acceptors (Lipinski definition) is 2. The number of benzene rings is 4. The molecule has 5 aromatic rings. The van der Waals surface area contributed by atoms with Gasteiger partial charge >= 0.3 is 7.12 Å². The summed E-state index contributed by atoms with van der Waals surface area (Å²) in [4.78, 5) is 0. The van der Waals surface area contributed by atoms with Crippen molar-refractivity contribution in [2.24, 2.45) is 0 Å². The van der Waals surface area contributed by atoms with E-state index in [9.17, 15) is 0 Å². The van der Waals surface area contributed by atoms with Gasteiger partial charge in [-0.05, 0) is 85.9 Å². The van der Waals surface area contributed by atoms with Crippen LogP contribution in [0, 0.1) is 0 Å². The molecular weight excluding hydrogens is 453 g/mol. The first-order valence-corrected chi connectivity index (χ1v) is 13.0. The first-order valence-electron chi connectivity index (χ1n) is 13.0. The average Bonchev–Trinajstić information content (AvgIpc) is 3.32. The molecule has 0 atom stereocenters. The molecule has 0 bridgehead atoms. The SMILES string of the molecule is C=Cc1c(/C=C\C)c2c3c(ccc4c(B5OC(C)(C)C(C)(C)O5)cccc43)ccc2n1-c1ccccc1. The molecule has 4 heteroatoms. The lowest BCUT2D eigenvalue weighted by atomic mass is 9.75. The molecule has 6 rings (SSSR count). The predicted molar refractivity (Wildman–Crippen MR) is 159 cm³/mol. The van der Waals surface area contributed by atoms with E-state index in [2.05, 4.69) is 131 Å². The molecule has 0 spiro atoms. The molecule has 0 N–H and O–H groups in total. The molecular formula is C33H32BNO2. The Labute approximate surface area is 219 Å². The maximum atomic E-state index is 6.47. The summed E-state index contributed by atoms with van der Waals surface area (Å²) in [5.74, 6) is 0. The third-order valence-corrected chi connectivity index (χ3v) is 8.13. The first-order chi connectivity index (χ1) is 17.8. The third-order valence-electron chi connectivity index (χ3n) is 8.13. The van der Waals surface area contributed by atoms with E-state index in [1.807, 2.05) is 6.08 Å². The van der Waals surface area contributed by atoms with Crippen molar-refractivity contribution < 1.29 is 9.31 Å². The monoisotopic (exact) mass is 485 g/mol. The Morgan fingerprint density at radius 3 is 2.16 bits per heavy atom. The second-order valence-corrected chi connectivity index (χ2v) is 10.8. The Balaban J connectivity index is 1.71. The summed E-state index contributed by atoms with van der Waals surface area (Å²) in [6.45, 7) is 14.7. The molecule has 1 aliphatic rings. The van der Waals surface area contributed by atoms with Crippen molar-refractivity contribution in [3.63, 3.8) is 0 Å². The van der Waals surface area contributed by atoms with Crippen molar-refractivity contribution in [3.05, 3.63) is 96.7 Å². The number of hydrogen-bond donors (Lipinski definition) is 0. The Morgan fingerprint density at radius 2 is 1.49 bits per heavy atom. The van der Waals surface area contributed by atoms with Crippen LogP contribution in [-0.2, 0) is 9.31 Å². The highest BCUT2D eigenvalue weighted by molar-refractivity contribution is 6.65. The number of fused-ring (bicyclic) bond motifs is 5. The van der Waals surface area contributed by atoms with Gasteiger partial charge in [0.05, 0.1) is 22.4 Å². The van der Waals surface area contributed by atoms with Crippen LogP contribution in [0.25, 0.3) is 50.3 Å². The van der Waals surface area contributed by atoms with E-state index in [4.69, 9.17) is 9.31 Å². The van der Waals surface area contributed by atoms with Crippen LogP contribution >= 0.6 is 0 Å². The maximum absolute atomic E-state index is 6.47. The maximum Gasteiger partial charge on any atom is 0.495 e. The van der Waals surface area contributed by atoms with Crippen LogP contribution in [-0.4, -0.2) is 22.9 Å². The molecule has 3 nitrogen and oxygen atoms in total. The lowest BCUT2D eigenvalue weighted by Gasteiger charge is -2.32. The van der Waals surface area contributed by atoms with E-state index in [-0.39, 0.29) is 0 Å². The quantitative estimate of drug-likeness (QED) is 0.191. The highest BCUT2D eigenvalue weighted by Crippen LogP contribution is 2.41. The predicted octanol–water partition coefficient (Wildman–Crippen LogP) is 7.91. The standard InChI is InChI=1S/C33H32BNO2/c1-7-13-26-28(8-2)35(23-14-10-9-11-15-23)29-21-19-22-18-20-24-25(30(22)31(26)29)16-12-17-27(24)34-36-32(3,4)33(5,6)37-34/h7-21H,2H2,1,3-6H3/b13-7-. The minimum absolute atomic E-state index is 0.394. The molecule has 1 fully saturated rings. The van der Waals surface area contributed by atoms with Crippen molar-refractivity contribution >= 4 is 57.2 Å². The van der Waals surface area contributed by atoms with Crippen molar-refractivity contribution in [1.82, 2.24) is 4.57 Å². The fraction of sp³-hybridized carbons (Fsp3) is 0.212. The summed E-state index contributed by atoms with van der Waals surface area (Å²) in [5, 5.41) is 6.02. The van der Waals surface area contributed by atoms with E-state index >= 15 is 0 Å². The van der Waals surface area contributed by atoms with E-state index in [0.29, 0.717) is 0 Å². The minimum Gasteiger partial charge on any atom is -0.399 e. The first kappa shape index (κ1) is 23.8. The summed E-state index contributed by atoms with van der Waals surface area (Å²) in [6, 6.07) is 25.9. The van der Waals surface area contributed by atoms with Gasteiger partial charge in [0.2, 0.25) is 0 Å². The molecule has 1 aromatic heterocycles. The zero-order valence-electron chi connectivity index (χ0n) is 22.2. The lowest BCUT2D eigenvalue weighted by Crippen LogP contribution is -2.41. The molecule has 0 saturated carbocycles. The summed E-state index contributed by atoms with van der Waals surface area (Å²) in [6.07, 6.45) is 6.28. The average molecular weight is 485 g/mol. The van der Waals surface area contributed by atoms with Gasteiger partial charge in [-0.2, -0.15) is 0 Å². The van der Waals surface area contributed by atoms with E-state index in [1.165, 1.54) is 27.1 Å². The van der Waals surface area contributed by atoms with Crippen molar-refractivity contribution in [1.29, 1.82) is 0 Å². The highest BCUT2D eigenvalue weighted by atomic mass is 16.7. The topological polar surface area (TPSA) is 23.4 Å². The summed E-state index contributed by atoms with van der Waals surface area (Å²) in [7, 11) is -0.419. The lowest BCUT2D eigenvalue weighted by molar-refractivity contribution is 0.00578. The van der Waals surface area contributed by atoms with Crippen LogP contribution in [0.2, 0.25) is 0 Å². The molecule has 1 saturated heterocycles. The molecule has 1 aliphatic heterocycles. The number of para-hydroxylation sites is 1. The molecule has 4 aromatic carbocycles. The number of allylic oxidation sites excluding steroid dienone is 1. The van der Waals surface area contributed by atoms with Gasteiger partial charge in [-0.1, -0.05) is 73.3 Å². The molecule has 37 heavy (non-hydrogen) atoms. The fourth-order valence-corrected chi connectivity index (χ4v) is 5.60. The minimum atomic E-state index is -0.419. The van der Waals surface area contributed by atoms with Gasteiger partial charge in [-0.15, -0.1) is 0 Å². The Kier molecular flexibility index (Phi) is 5.45. The zero-order chi connectivity index (χ0) is 25.9. The van der Waals surface area contributed by atoms with Gasteiger partial charge in [-0.3, -0.25) is 0 Å². The van der Waals surface area contributed by atoms with Crippen LogP contribution in [0.15, 0.2) is 85.5 Å². The summed E-state index contributed by atoms with van der Waals surface area (Å²) < 4.78 is 15.2. The molecule has 0 radical (unpaired) electrons. The van der Waals surface area contributed by atoms with Crippen LogP contribution in [0.1, 0.15) is 45.9 Å². The van der Waals surface area contributed by atoms with Gasteiger partial charge in [0, 0.05) is 16.6 Å². The smallest absolute Gasteiger partial charge is 0.399 e. The number of nitrogens with zero attached hydrogens (tertiary/aromatic N) is 1. The normalized spacial score (nSPS) is 16.9. The summed E-state index contributed by atoms with van der Waals surface area (Å²) in [5.41, 5.74) is 4.82. The zero-order valence-corrected chi connectivity index (χ0v) is 22.2. The van der Waals surface area contributed by atoms with Gasteiger partial charge < -0.3 is 13.9 Å². The second kappa shape index (κ2) is 8.48. The molecule has 0 unspecified atom stereocenters. The third kappa shape index (κ3) is 3.51. The van der Waals surface area contributed by atoms with Crippen LogP contribution in [0.3, 0.4) is 0 Å². The van der Waals surface area contributed by atoms with Gasteiger partial charge in [0.15, 0.2) is 0 Å². The van der Waals surface area contributed by atoms with Crippen LogP contribution < -0.4 is 5.46 Å². The Bertz CT molecular complexity index is 1690. The largest absolute Gasteiger partial charge is 0.495 e. The van der Waals surface area contributed by atoms with Crippen molar-refractivity contribution in [3.8, 4) is 5.69 Å². The molecule has 0 aliphatic carbocycles. The van der Waals surface area contributed by atoms with Crippen LogP contribution in [0.5, 0.6) is 0 Å². The molecule has 0 amide bonds. The van der Waals surface area contributed by atoms with Crippen LogP contribution in [0.4, 0.5) is 0 Å². The number of aromatic nitrogens is 1. The Hall–Kier alpha value is -3.60. The second-order valence-electron chi connectivity index (χ2n) is 10.8. The van der Waals surface area contributed by atoms with Gasteiger partial charge in [0.1, 0.15) is 0 Å². The van der Waals surface area contributed by atoms with Gasteiger partial charge in [-0.25, -0.2) is 0 Å². The Morgan fingerprint density at radius 1 is 0.784 bits per heavy atom. The fourth-order valence-electron chi connectivity index (χ4n) is 5.60. The van der Waals surface area contributed by atoms with Crippen molar-refractivity contribution in [2.75, 3.05) is 0 Å². The summed E-state index contributed by atoms with van der Waals surface area (Å²) >= 11 is 0. The molecule has 184 valence electrons. The molecule has 2 heterocycles. The van der Waals surface area contributed by atoms with E-state index in [1.54, 1.807) is 0 Å². The number of rotatable bonds is 4.